The molecule has 1 aromatic rings. The van der Waals surface area contributed by atoms with Crippen LogP contribution in [0.4, 0.5) is 4.79 Å². The van der Waals surface area contributed by atoms with Gasteiger partial charge in [0.2, 0.25) is 0 Å². The smallest absolute Gasteiger partial charge is 0.410 e. The highest BCUT2D eigenvalue weighted by Gasteiger charge is 2.32. The van der Waals surface area contributed by atoms with E-state index in [1.165, 1.54) is 11.1 Å². The number of carbonyl (C=O) groups is 1. The van der Waals surface area contributed by atoms with Crippen LogP contribution < -0.4 is 0 Å². The molecule has 0 bridgehead atoms. The van der Waals surface area contributed by atoms with Crippen molar-refractivity contribution in [2.45, 2.75) is 52.2 Å². The summed E-state index contributed by atoms with van der Waals surface area (Å²) in [6, 6.07) is 8.59. The first kappa shape index (κ1) is 13.9. The van der Waals surface area contributed by atoms with Crippen LogP contribution in [0.5, 0.6) is 0 Å². The van der Waals surface area contributed by atoms with Crippen LogP contribution in [0.2, 0.25) is 0 Å². The van der Waals surface area contributed by atoms with Gasteiger partial charge in [0, 0.05) is 6.54 Å². The number of nitrogens with zero attached hydrogens (tertiary/aromatic N) is 1. The van der Waals surface area contributed by atoms with E-state index in [0.717, 1.165) is 19.4 Å². The Morgan fingerprint density at radius 1 is 1.26 bits per heavy atom. The molecule has 3 nitrogen and oxygen atoms in total. The van der Waals surface area contributed by atoms with Crippen LogP contribution in [0.3, 0.4) is 0 Å². The average Bonchev–Trinajstić information content (AvgIpc) is 2.76. The van der Waals surface area contributed by atoms with Crippen LogP contribution in [-0.4, -0.2) is 23.1 Å². The molecule has 1 saturated heterocycles. The third kappa shape index (κ3) is 3.49. The van der Waals surface area contributed by atoms with Crippen molar-refractivity contribution in [1.29, 1.82) is 0 Å². The maximum absolute atomic E-state index is 12.2. The Labute approximate surface area is 115 Å². The molecule has 104 valence electrons. The number of amides is 1. The number of benzene rings is 1. The molecular weight excluding hydrogens is 238 g/mol. The van der Waals surface area contributed by atoms with Crippen molar-refractivity contribution >= 4 is 6.09 Å². The fraction of sp³-hybridized carbons (Fsp3) is 0.562. The summed E-state index contributed by atoms with van der Waals surface area (Å²) in [5, 5.41) is 0. The van der Waals surface area contributed by atoms with E-state index in [-0.39, 0.29) is 12.1 Å². The molecule has 3 heteroatoms. The highest BCUT2D eigenvalue weighted by Crippen LogP contribution is 2.33. The first-order chi connectivity index (χ1) is 8.87. The number of hydrogen-bond acceptors (Lipinski definition) is 2. The predicted octanol–water partition coefficient (Wildman–Crippen LogP) is 4.07. The summed E-state index contributed by atoms with van der Waals surface area (Å²) in [5.41, 5.74) is 2.01. The second kappa shape index (κ2) is 5.24. The van der Waals surface area contributed by atoms with Crippen molar-refractivity contribution in [3.63, 3.8) is 0 Å². The molecule has 0 N–H and O–H groups in total. The quantitative estimate of drug-likeness (QED) is 0.762. The number of ether oxygens (including phenoxy) is 1. The molecule has 19 heavy (non-hydrogen) atoms. The van der Waals surface area contributed by atoms with Crippen LogP contribution >= 0.6 is 0 Å². The summed E-state index contributed by atoms with van der Waals surface area (Å²) >= 11 is 0. The lowest BCUT2D eigenvalue weighted by Crippen LogP contribution is -2.36. The monoisotopic (exact) mass is 261 g/mol. The maximum atomic E-state index is 12.2. The second-order valence-corrected chi connectivity index (χ2v) is 6.24. The van der Waals surface area contributed by atoms with Crippen LogP contribution in [0.15, 0.2) is 24.3 Å². The van der Waals surface area contributed by atoms with E-state index in [4.69, 9.17) is 4.74 Å². The topological polar surface area (TPSA) is 29.5 Å². The van der Waals surface area contributed by atoms with E-state index < -0.39 is 5.60 Å². The van der Waals surface area contributed by atoms with E-state index in [2.05, 4.69) is 31.2 Å². The third-order valence-corrected chi connectivity index (χ3v) is 3.34. The van der Waals surface area contributed by atoms with Crippen molar-refractivity contribution in [2.24, 2.45) is 0 Å². The molecule has 1 aliphatic rings. The number of hydrogen-bond donors (Lipinski definition) is 0. The van der Waals surface area contributed by atoms with Gasteiger partial charge in [0.05, 0.1) is 6.04 Å². The first-order valence-corrected chi connectivity index (χ1v) is 6.93. The molecule has 0 aliphatic carbocycles. The molecule has 1 aromatic carbocycles. The van der Waals surface area contributed by atoms with Crippen LogP contribution in [0, 0.1) is 6.92 Å². The zero-order valence-electron chi connectivity index (χ0n) is 12.3. The third-order valence-electron chi connectivity index (χ3n) is 3.34. The van der Waals surface area contributed by atoms with Gasteiger partial charge in [-0.3, -0.25) is 0 Å². The first-order valence-electron chi connectivity index (χ1n) is 6.93. The van der Waals surface area contributed by atoms with Gasteiger partial charge in [-0.15, -0.1) is 0 Å². The predicted molar refractivity (Wildman–Crippen MR) is 76.1 cm³/mol. The SMILES string of the molecule is Cc1ccc([C@@H]2CCCN2C(=O)OC(C)(C)C)cc1. The lowest BCUT2D eigenvalue weighted by atomic mass is 10.0. The largest absolute Gasteiger partial charge is 0.444 e. The van der Waals surface area contributed by atoms with Gasteiger partial charge in [-0.25, -0.2) is 4.79 Å². The number of aryl methyl sites for hydroxylation is 1. The van der Waals surface area contributed by atoms with Gasteiger partial charge in [0.1, 0.15) is 5.60 Å². The summed E-state index contributed by atoms with van der Waals surface area (Å²) in [4.78, 5) is 14.1. The minimum Gasteiger partial charge on any atom is -0.444 e. The molecule has 0 radical (unpaired) electrons. The Morgan fingerprint density at radius 2 is 1.89 bits per heavy atom. The summed E-state index contributed by atoms with van der Waals surface area (Å²) in [6.45, 7) is 8.57. The minimum absolute atomic E-state index is 0.162. The zero-order chi connectivity index (χ0) is 14.0. The molecule has 1 amide bonds. The van der Waals surface area contributed by atoms with Crippen molar-refractivity contribution in [3.05, 3.63) is 35.4 Å². The number of carbonyl (C=O) groups excluding carboxylic acids is 1. The summed E-state index contributed by atoms with van der Waals surface area (Å²) in [7, 11) is 0. The van der Waals surface area contributed by atoms with Crippen molar-refractivity contribution in [2.75, 3.05) is 6.54 Å². The van der Waals surface area contributed by atoms with Crippen molar-refractivity contribution in [3.8, 4) is 0 Å². The van der Waals surface area contributed by atoms with Gasteiger partial charge in [0.15, 0.2) is 0 Å². The molecule has 2 rings (SSSR count). The summed E-state index contributed by atoms with van der Waals surface area (Å²) < 4.78 is 5.48. The fourth-order valence-electron chi connectivity index (χ4n) is 2.44. The molecule has 1 aliphatic heterocycles. The molecule has 1 fully saturated rings. The van der Waals surface area contributed by atoms with Crippen LogP contribution in [0.1, 0.15) is 50.8 Å². The molecule has 0 unspecified atom stereocenters. The van der Waals surface area contributed by atoms with E-state index in [1.807, 2.05) is 25.7 Å². The van der Waals surface area contributed by atoms with Crippen molar-refractivity contribution in [1.82, 2.24) is 4.90 Å². The van der Waals surface area contributed by atoms with E-state index in [9.17, 15) is 4.79 Å². The highest BCUT2D eigenvalue weighted by molar-refractivity contribution is 5.69. The van der Waals surface area contributed by atoms with Gasteiger partial charge in [-0.2, -0.15) is 0 Å². The molecule has 1 heterocycles. The summed E-state index contributed by atoms with van der Waals surface area (Å²) in [6.07, 6.45) is 1.86. The molecule has 1 atom stereocenters. The highest BCUT2D eigenvalue weighted by atomic mass is 16.6. The van der Waals surface area contributed by atoms with Crippen molar-refractivity contribution < 1.29 is 9.53 Å². The second-order valence-electron chi connectivity index (χ2n) is 6.24. The Morgan fingerprint density at radius 3 is 2.47 bits per heavy atom. The summed E-state index contributed by atoms with van der Waals surface area (Å²) in [5.74, 6) is 0. The Kier molecular flexibility index (Phi) is 3.83. The number of likely N-dealkylation sites (tertiary alicyclic amines) is 1. The van der Waals surface area contributed by atoms with Gasteiger partial charge in [-0.1, -0.05) is 29.8 Å². The Bertz CT molecular complexity index is 445. The number of rotatable bonds is 1. The lowest BCUT2D eigenvalue weighted by Gasteiger charge is -2.28. The van der Waals surface area contributed by atoms with Crippen LogP contribution in [0.25, 0.3) is 0 Å². The van der Waals surface area contributed by atoms with Gasteiger partial charge in [0.25, 0.3) is 0 Å². The molecule has 0 saturated carbocycles. The average molecular weight is 261 g/mol. The zero-order valence-corrected chi connectivity index (χ0v) is 12.3. The Hall–Kier alpha value is -1.51. The lowest BCUT2D eigenvalue weighted by molar-refractivity contribution is 0.0224. The van der Waals surface area contributed by atoms with E-state index >= 15 is 0 Å². The van der Waals surface area contributed by atoms with E-state index in [0.29, 0.717) is 0 Å². The molecule has 0 spiro atoms. The van der Waals surface area contributed by atoms with Gasteiger partial charge < -0.3 is 9.64 Å². The van der Waals surface area contributed by atoms with Crippen LogP contribution in [-0.2, 0) is 4.74 Å². The van der Waals surface area contributed by atoms with Gasteiger partial charge >= 0.3 is 6.09 Å². The Balaban J connectivity index is 2.12. The van der Waals surface area contributed by atoms with E-state index in [1.54, 1.807) is 0 Å². The van der Waals surface area contributed by atoms with Gasteiger partial charge in [-0.05, 0) is 46.1 Å². The maximum Gasteiger partial charge on any atom is 0.410 e. The molecule has 0 aromatic heterocycles. The minimum atomic E-state index is -0.433. The molecular formula is C16H23NO2. The normalized spacial score (nSPS) is 19.6. The fourth-order valence-corrected chi connectivity index (χ4v) is 2.44. The standard InChI is InChI=1S/C16H23NO2/c1-12-7-9-13(10-8-12)14-6-5-11-17(14)15(18)19-16(2,3)4/h7-10,14H,5-6,11H2,1-4H3/t14-/m0/s1.